The lowest BCUT2D eigenvalue weighted by atomic mass is 9.87. The highest BCUT2D eigenvalue weighted by Crippen LogP contribution is 2.40. The summed E-state index contributed by atoms with van der Waals surface area (Å²) in [5.74, 6) is 0. The Hall–Kier alpha value is -3.29. The fraction of sp³-hybridized carbons (Fsp3) is 0.300. The van der Waals surface area contributed by atoms with E-state index in [1.165, 1.54) is 5.56 Å². The Morgan fingerprint density at radius 2 is 1.36 bits per heavy atom. The van der Waals surface area contributed by atoms with E-state index in [2.05, 4.69) is 35.4 Å². The SMILES string of the molecule is OC[C@H]1O[C@@H](C2(Cc3ccccc3)N=CC(Cc3ccccc3)=CN2Cc2ccccc2)[C@H](O)[C@@H]1O. The van der Waals surface area contributed by atoms with Gasteiger partial charge in [-0.25, -0.2) is 0 Å². The van der Waals surface area contributed by atoms with Crippen LogP contribution in [0, 0.1) is 0 Å². The largest absolute Gasteiger partial charge is 0.394 e. The predicted octanol–water partition coefficient (Wildman–Crippen LogP) is 3.12. The zero-order valence-electron chi connectivity index (χ0n) is 20.1. The van der Waals surface area contributed by atoms with Gasteiger partial charge in [-0.1, -0.05) is 91.0 Å². The Morgan fingerprint density at radius 1 is 0.778 bits per heavy atom. The zero-order valence-corrected chi connectivity index (χ0v) is 20.1. The van der Waals surface area contributed by atoms with Crippen molar-refractivity contribution in [2.75, 3.05) is 6.61 Å². The number of allylic oxidation sites excluding steroid dienone is 1. The van der Waals surface area contributed by atoms with E-state index in [1.807, 2.05) is 72.9 Å². The summed E-state index contributed by atoms with van der Waals surface area (Å²) in [7, 11) is 0. The molecule has 186 valence electrons. The minimum absolute atomic E-state index is 0.381. The van der Waals surface area contributed by atoms with Crippen LogP contribution in [0.25, 0.3) is 0 Å². The van der Waals surface area contributed by atoms with Gasteiger partial charge in [0.15, 0.2) is 5.66 Å². The first-order chi connectivity index (χ1) is 17.6. The topological polar surface area (TPSA) is 85.5 Å². The van der Waals surface area contributed by atoms with E-state index in [1.54, 1.807) is 0 Å². The van der Waals surface area contributed by atoms with E-state index >= 15 is 0 Å². The highest BCUT2D eigenvalue weighted by Gasteiger charge is 2.56. The number of aliphatic hydroxyl groups is 3. The number of benzene rings is 3. The molecule has 0 radical (unpaired) electrons. The Labute approximate surface area is 211 Å². The zero-order chi connectivity index (χ0) is 25.0. The molecule has 0 saturated carbocycles. The quantitative estimate of drug-likeness (QED) is 0.458. The standard InChI is InChI=1S/C30H32N2O4/c33-21-26-27(34)28(35)29(36-26)30(17-23-12-6-2-7-13-23)31-18-25(16-22-10-4-1-5-11-22)20-32(30)19-24-14-8-3-9-15-24/h1-15,18,20,26-29,33-35H,16-17,19,21H2/t26-,27-,28-,29-,30?/m1/s1. The van der Waals surface area contributed by atoms with Crippen molar-refractivity contribution in [3.8, 4) is 0 Å². The molecule has 0 amide bonds. The molecular formula is C30H32N2O4. The van der Waals surface area contributed by atoms with Gasteiger partial charge in [0, 0.05) is 31.8 Å². The van der Waals surface area contributed by atoms with E-state index < -0.39 is 30.1 Å². The van der Waals surface area contributed by atoms with Gasteiger partial charge in [-0.2, -0.15) is 0 Å². The van der Waals surface area contributed by atoms with Crippen molar-refractivity contribution in [2.45, 2.75) is 49.5 Å². The third-order valence-corrected chi connectivity index (χ3v) is 7.02. The summed E-state index contributed by atoms with van der Waals surface area (Å²) in [6.45, 7) is 0.156. The summed E-state index contributed by atoms with van der Waals surface area (Å²) in [6.07, 6.45) is 1.02. The number of ether oxygens (including phenoxy) is 1. The Balaban J connectivity index is 1.58. The molecule has 5 atom stereocenters. The molecule has 0 spiro atoms. The summed E-state index contributed by atoms with van der Waals surface area (Å²) >= 11 is 0. The molecule has 2 aliphatic heterocycles. The van der Waals surface area contributed by atoms with Gasteiger partial charge in [-0.15, -0.1) is 0 Å². The first-order valence-corrected chi connectivity index (χ1v) is 12.4. The Bertz CT molecular complexity index is 1190. The molecule has 3 aromatic carbocycles. The molecule has 5 rings (SSSR count). The third-order valence-electron chi connectivity index (χ3n) is 7.02. The van der Waals surface area contributed by atoms with E-state index in [9.17, 15) is 15.3 Å². The minimum atomic E-state index is -1.20. The molecular weight excluding hydrogens is 452 g/mol. The number of nitrogens with zero attached hydrogens (tertiary/aromatic N) is 2. The second kappa shape index (κ2) is 10.8. The number of hydrogen-bond acceptors (Lipinski definition) is 6. The van der Waals surface area contributed by atoms with E-state index in [4.69, 9.17) is 9.73 Å². The molecule has 3 aromatic rings. The number of rotatable bonds is 8. The van der Waals surface area contributed by atoms with Crippen LogP contribution in [-0.2, 0) is 24.1 Å². The smallest absolute Gasteiger partial charge is 0.164 e. The second-order valence-corrected chi connectivity index (χ2v) is 9.54. The van der Waals surface area contributed by atoms with Gasteiger partial charge in [0.1, 0.15) is 24.4 Å². The van der Waals surface area contributed by atoms with Crippen LogP contribution < -0.4 is 0 Å². The minimum Gasteiger partial charge on any atom is -0.394 e. The molecule has 1 fully saturated rings. The van der Waals surface area contributed by atoms with Crippen LogP contribution in [-0.4, -0.2) is 63.1 Å². The molecule has 36 heavy (non-hydrogen) atoms. The molecule has 0 bridgehead atoms. The average Bonchev–Trinajstić information content (AvgIpc) is 3.21. The summed E-state index contributed by atoms with van der Waals surface area (Å²) in [5.41, 5.74) is 3.31. The van der Waals surface area contributed by atoms with Crippen LogP contribution >= 0.6 is 0 Å². The van der Waals surface area contributed by atoms with Crippen LogP contribution in [0.5, 0.6) is 0 Å². The normalized spacial score (nSPS) is 27.8. The van der Waals surface area contributed by atoms with Crippen LogP contribution in [0.1, 0.15) is 16.7 Å². The third kappa shape index (κ3) is 4.99. The van der Waals surface area contributed by atoms with Crippen molar-refractivity contribution in [1.29, 1.82) is 0 Å². The van der Waals surface area contributed by atoms with Gasteiger partial charge in [-0.05, 0) is 22.3 Å². The molecule has 0 aromatic heterocycles. The van der Waals surface area contributed by atoms with Gasteiger partial charge >= 0.3 is 0 Å². The summed E-state index contributed by atoms with van der Waals surface area (Å²) < 4.78 is 6.14. The van der Waals surface area contributed by atoms with Crippen LogP contribution in [0.4, 0.5) is 0 Å². The molecule has 1 unspecified atom stereocenters. The number of hydrogen-bond donors (Lipinski definition) is 3. The van der Waals surface area contributed by atoms with Crippen molar-refractivity contribution in [3.05, 3.63) is 119 Å². The maximum Gasteiger partial charge on any atom is 0.164 e. The fourth-order valence-electron chi connectivity index (χ4n) is 5.16. The van der Waals surface area contributed by atoms with Gasteiger partial charge in [-0.3, -0.25) is 4.99 Å². The molecule has 0 aliphatic carbocycles. The fourth-order valence-corrected chi connectivity index (χ4v) is 5.16. The highest BCUT2D eigenvalue weighted by atomic mass is 16.6. The molecule has 3 N–H and O–H groups in total. The molecule has 6 nitrogen and oxygen atoms in total. The van der Waals surface area contributed by atoms with Crippen molar-refractivity contribution in [2.24, 2.45) is 4.99 Å². The van der Waals surface area contributed by atoms with E-state index in [0.717, 1.165) is 16.7 Å². The number of aliphatic hydroxyl groups excluding tert-OH is 3. The summed E-state index contributed by atoms with van der Waals surface area (Å²) in [4.78, 5) is 7.23. The van der Waals surface area contributed by atoms with Crippen molar-refractivity contribution in [1.82, 2.24) is 4.90 Å². The van der Waals surface area contributed by atoms with E-state index in [-0.39, 0.29) is 6.61 Å². The number of aliphatic imine (C=N–C) groups is 1. The highest BCUT2D eigenvalue weighted by molar-refractivity contribution is 5.80. The summed E-state index contributed by atoms with van der Waals surface area (Å²) in [5, 5.41) is 31.6. The van der Waals surface area contributed by atoms with Gasteiger partial charge in [0.2, 0.25) is 0 Å². The first-order valence-electron chi connectivity index (χ1n) is 12.4. The van der Waals surface area contributed by atoms with Crippen molar-refractivity contribution < 1.29 is 20.1 Å². The van der Waals surface area contributed by atoms with Crippen LogP contribution in [0.15, 0.2) is 108 Å². The Morgan fingerprint density at radius 3 is 1.94 bits per heavy atom. The summed E-state index contributed by atoms with van der Waals surface area (Å²) in [6, 6.07) is 30.3. The molecule has 6 heteroatoms. The first kappa shape index (κ1) is 24.4. The van der Waals surface area contributed by atoms with Gasteiger partial charge in [0.25, 0.3) is 0 Å². The molecule has 1 saturated heterocycles. The monoisotopic (exact) mass is 484 g/mol. The van der Waals surface area contributed by atoms with Crippen molar-refractivity contribution in [3.63, 3.8) is 0 Å². The maximum atomic E-state index is 11.1. The van der Waals surface area contributed by atoms with Crippen LogP contribution in [0.3, 0.4) is 0 Å². The lowest BCUT2D eigenvalue weighted by molar-refractivity contribution is -0.0922. The molecule has 2 heterocycles. The predicted molar refractivity (Wildman–Crippen MR) is 139 cm³/mol. The van der Waals surface area contributed by atoms with Crippen LogP contribution in [0.2, 0.25) is 0 Å². The average molecular weight is 485 g/mol. The van der Waals surface area contributed by atoms with Gasteiger partial charge < -0.3 is 25.0 Å². The second-order valence-electron chi connectivity index (χ2n) is 9.54. The lowest BCUT2D eigenvalue weighted by Crippen LogP contribution is -2.59. The van der Waals surface area contributed by atoms with E-state index in [0.29, 0.717) is 19.4 Å². The maximum absolute atomic E-state index is 11.1. The lowest BCUT2D eigenvalue weighted by Gasteiger charge is -2.47. The molecule has 2 aliphatic rings. The Kier molecular flexibility index (Phi) is 7.30. The van der Waals surface area contributed by atoms with Gasteiger partial charge in [0.05, 0.1) is 6.61 Å². The van der Waals surface area contributed by atoms with Crippen molar-refractivity contribution >= 4 is 6.21 Å².